The van der Waals surface area contributed by atoms with E-state index in [-0.39, 0.29) is 11.2 Å². The zero-order valence-electron chi connectivity index (χ0n) is 14.3. The molecule has 5 rings (SSSR count). The van der Waals surface area contributed by atoms with Gasteiger partial charge in [0, 0.05) is 27.9 Å². The highest BCUT2D eigenvalue weighted by Gasteiger charge is 2.18. The molecule has 5 aromatic rings. The number of H-pyrrole nitrogens is 2. The topological polar surface area (TPSA) is 100 Å². The largest absolute Gasteiger partial charge is 0.394 e. The van der Waals surface area contributed by atoms with Crippen LogP contribution in [-0.2, 0) is 0 Å². The lowest BCUT2D eigenvalue weighted by Crippen LogP contribution is -2.14. The fourth-order valence-corrected chi connectivity index (χ4v) is 3.91. The molecule has 0 spiro atoms. The molecule has 6 nitrogen and oxygen atoms in total. The zero-order chi connectivity index (χ0) is 18.7. The summed E-state index contributed by atoms with van der Waals surface area (Å²) in [6, 6.07) is 9.45. The van der Waals surface area contributed by atoms with Gasteiger partial charge in [-0.3, -0.25) is 14.9 Å². The van der Waals surface area contributed by atoms with Gasteiger partial charge in [0.05, 0.1) is 27.8 Å². The zero-order valence-corrected chi connectivity index (χ0v) is 15.1. The number of nitrogens with two attached hydrogens (primary N) is 1. The Balaban J connectivity index is 2.03. The molecule has 0 saturated carbocycles. The monoisotopic (exact) mass is 375 g/mol. The number of halogens is 1. The van der Waals surface area contributed by atoms with Crippen LogP contribution < -0.4 is 11.3 Å². The molecule has 2 aromatic carbocycles. The van der Waals surface area contributed by atoms with E-state index in [9.17, 15) is 4.79 Å². The lowest BCUT2D eigenvalue weighted by molar-refractivity contribution is 1.12. The summed E-state index contributed by atoms with van der Waals surface area (Å²) in [7, 11) is 0. The van der Waals surface area contributed by atoms with Crippen LogP contribution in [0.2, 0.25) is 5.02 Å². The van der Waals surface area contributed by atoms with E-state index in [0.29, 0.717) is 21.6 Å². The first kappa shape index (κ1) is 15.8. The van der Waals surface area contributed by atoms with Crippen molar-refractivity contribution in [2.45, 2.75) is 6.92 Å². The number of nitrogen functional groups attached to an aromatic ring is 1. The number of pyridine rings is 2. The van der Waals surface area contributed by atoms with E-state index in [1.807, 2.05) is 31.2 Å². The molecule has 27 heavy (non-hydrogen) atoms. The Morgan fingerprint density at radius 2 is 1.96 bits per heavy atom. The molecule has 0 aliphatic heterocycles. The molecular weight excluding hydrogens is 362 g/mol. The van der Waals surface area contributed by atoms with Gasteiger partial charge < -0.3 is 10.7 Å². The van der Waals surface area contributed by atoms with Gasteiger partial charge in [0.1, 0.15) is 5.69 Å². The van der Waals surface area contributed by atoms with Crippen molar-refractivity contribution in [3.05, 3.63) is 63.7 Å². The van der Waals surface area contributed by atoms with Crippen LogP contribution in [0.15, 0.2) is 47.5 Å². The van der Waals surface area contributed by atoms with Crippen LogP contribution >= 0.6 is 11.6 Å². The maximum absolute atomic E-state index is 12.6. The Hall–Kier alpha value is -3.38. The van der Waals surface area contributed by atoms with E-state index in [1.54, 1.807) is 18.5 Å². The van der Waals surface area contributed by atoms with E-state index in [0.717, 1.165) is 32.8 Å². The highest BCUT2D eigenvalue weighted by molar-refractivity contribution is 6.35. The van der Waals surface area contributed by atoms with Gasteiger partial charge >= 0.3 is 0 Å². The van der Waals surface area contributed by atoms with E-state index in [4.69, 9.17) is 17.3 Å². The quantitative estimate of drug-likeness (QED) is 0.383. The van der Waals surface area contributed by atoms with Gasteiger partial charge in [-0.1, -0.05) is 17.7 Å². The molecule has 0 aliphatic carbocycles. The van der Waals surface area contributed by atoms with Gasteiger partial charge in [-0.2, -0.15) is 5.10 Å². The molecule has 0 radical (unpaired) electrons. The summed E-state index contributed by atoms with van der Waals surface area (Å²) in [6.07, 6.45) is 3.43. The Morgan fingerprint density at radius 1 is 1.11 bits per heavy atom. The molecule has 7 heteroatoms. The normalized spacial score (nSPS) is 11.6. The highest BCUT2D eigenvalue weighted by Crippen LogP contribution is 2.39. The van der Waals surface area contributed by atoms with Crippen molar-refractivity contribution < 1.29 is 0 Å². The fraction of sp³-hybridized carbons (Fsp3) is 0.0500. The SMILES string of the molecule is Cc1cc2c(-c3ccc(Cl)c4[nH]ncc34)c(N)c(=O)[nH]c2c2cccnc12. The molecule has 0 bridgehead atoms. The van der Waals surface area contributed by atoms with E-state index < -0.39 is 0 Å². The van der Waals surface area contributed by atoms with Crippen LogP contribution in [0.3, 0.4) is 0 Å². The van der Waals surface area contributed by atoms with Gasteiger partial charge in [-0.05, 0) is 42.3 Å². The Bertz CT molecular complexity index is 1430. The predicted octanol–water partition coefficient (Wildman–Crippen LogP) is 4.16. The lowest BCUT2D eigenvalue weighted by atomic mass is 9.94. The number of benzene rings is 2. The fourth-order valence-electron chi connectivity index (χ4n) is 3.70. The van der Waals surface area contributed by atoms with Crippen LogP contribution in [0, 0.1) is 6.92 Å². The minimum absolute atomic E-state index is 0.162. The van der Waals surface area contributed by atoms with E-state index in [2.05, 4.69) is 20.2 Å². The summed E-state index contributed by atoms with van der Waals surface area (Å²) in [4.78, 5) is 20.0. The molecule has 0 fully saturated rings. The first-order valence-corrected chi connectivity index (χ1v) is 8.76. The number of rotatable bonds is 1. The van der Waals surface area contributed by atoms with Crippen molar-refractivity contribution in [3.8, 4) is 11.1 Å². The minimum atomic E-state index is -0.335. The molecule has 0 aliphatic rings. The third-order valence-corrected chi connectivity index (χ3v) is 5.25. The number of fused-ring (bicyclic) bond motifs is 4. The van der Waals surface area contributed by atoms with E-state index in [1.165, 1.54) is 0 Å². The molecule has 3 aromatic heterocycles. The van der Waals surface area contributed by atoms with Crippen LogP contribution in [0.4, 0.5) is 5.69 Å². The van der Waals surface area contributed by atoms with Gasteiger partial charge in [0.25, 0.3) is 5.56 Å². The molecule has 0 unspecified atom stereocenters. The first-order chi connectivity index (χ1) is 13.1. The molecule has 4 N–H and O–H groups in total. The number of anilines is 1. The van der Waals surface area contributed by atoms with Gasteiger partial charge in [0.2, 0.25) is 0 Å². The number of nitrogens with zero attached hydrogens (tertiary/aromatic N) is 2. The number of aromatic nitrogens is 4. The number of nitrogens with one attached hydrogen (secondary N) is 2. The number of aryl methyl sites for hydroxylation is 1. The van der Waals surface area contributed by atoms with Crippen LogP contribution in [-0.4, -0.2) is 20.2 Å². The summed E-state index contributed by atoms with van der Waals surface area (Å²) in [6.45, 7) is 2.00. The third-order valence-electron chi connectivity index (χ3n) is 4.94. The summed E-state index contributed by atoms with van der Waals surface area (Å²) in [5.74, 6) is 0. The minimum Gasteiger partial charge on any atom is -0.394 e. The van der Waals surface area contributed by atoms with Gasteiger partial charge in [-0.15, -0.1) is 0 Å². The van der Waals surface area contributed by atoms with Crippen molar-refractivity contribution >= 4 is 50.0 Å². The second-order valence-corrected chi connectivity index (χ2v) is 6.92. The number of hydrogen-bond donors (Lipinski definition) is 3. The summed E-state index contributed by atoms with van der Waals surface area (Å²) < 4.78 is 0. The molecule has 3 heterocycles. The molecular formula is C20H14ClN5O. The van der Waals surface area contributed by atoms with Gasteiger partial charge in [0.15, 0.2) is 0 Å². The Kier molecular flexibility index (Phi) is 3.26. The van der Waals surface area contributed by atoms with Crippen LogP contribution in [0.1, 0.15) is 5.56 Å². The van der Waals surface area contributed by atoms with Crippen molar-refractivity contribution in [1.82, 2.24) is 20.2 Å². The molecule has 0 amide bonds. The number of aromatic amines is 2. The van der Waals surface area contributed by atoms with E-state index >= 15 is 0 Å². The molecule has 0 atom stereocenters. The Morgan fingerprint density at radius 3 is 2.81 bits per heavy atom. The van der Waals surface area contributed by atoms with Crippen molar-refractivity contribution in [2.75, 3.05) is 5.73 Å². The third kappa shape index (κ3) is 2.17. The molecule has 132 valence electrons. The standard InChI is InChI=1S/C20H14ClN5O/c1-9-7-12-15(10-4-5-14(21)19-13(10)8-24-26-19)16(22)20(27)25-18(12)11-3-2-6-23-17(9)11/h2-8H,22H2,1H3,(H,24,26)(H,25,27). The maximum Gasteiger partial charge on any atom is 0.272 e. The lowest BCUT2D eigenvalue weighted by Gasteiger charge is -2.14. The summed E-state index contributed by atoms with van der Waals surface area (Å²) in [5, 5.41) is 10.1. The summed E-state index contributed by atoms with van der Waals surface area (Å²) in [5.41, 5.74) is 10.8. The second-order valence-electron chi connectivity index (χ2n) is 6.51. The van der Waals surface area contributed by atoms with Crippen LogP contribution in [0.25, 0.3) is 43.8 Å². The first-order valence-electron chi connectivity index (χ1n) is 8.38. The Labute approximate surface area is 158 Å². The summed E-state index contributed by atoms with van der Waals surface area (Å²) >= 11 is 6.27. The van der Waals surface area contributed by atoms with Crippen molar-refractivity contribution in [3.63, 3.8) is 0 Å². The maximum atomic E-state index is 12.6. The highest BCUT2D eigenvalue weighted by atomic mass is 35.5. The second kappa shape index (κ2) is 5.56. The number of hydrogen-bond acceptors (Lipinski definition) is 4. The molecule has 0 saturated heterocycles. The predicted molar refractivity (Wildman–Crippen MR) is 109 cm³/mol. The van der Waals surface area contributed by atoms with Gasteiger partial charge in [-0.25, -0.2) is 0 Å². The smallest absolute Gasteiger partial charge is 0.272 e. The van der Waals surface area contributed by atoms with Crippen molar-refractivity contribution in [1.29, 1.82) is 0 Å². The average molecular weight is 376 g/mol. The average Bonchev–Trinajstić information content (AvgIpc) is 3.16. The van der Waals surface area contributed by atoms with Crippen molar-refractivity contribution in [2.24, 2.45) is 0 Å². The van der Waals surface area contributed by atoms with Crippen LogP contribution in [0.5, 0.6) is 0 Å².